The van der Waals surface area contributed by atoms with Crippen molar-refractivity contribution in [2.75, 3.05) is 31.3 Å². The van der Waals surface area contributed by atoms with Crippen molar-refractivity contribution >= 4 is 41.7 Å². The van der Waals surface area contributed by atoms with E-state index < -0.39 is 0 Å². The maximum atomic E-state index is 12.4. The monoisotopic (exact) mass is 348 g/mol. The summed E-state index contributed by atoms with van der Waals surface area (Å²) in [7, 11) is 0. The van der Waals surface area contributed by atoms with Crippen molar-refractivity contribution in [1.29, 1.82) is 0 Å². The lowest BCUT2D eigenvalue weighted by molar-refractivity contribution is -0.140. The van der Waals surface area contributed by atoms with Crippen molar-refractivity contribution in [1.82, 2.24) is 10.2 Å². The van der Waals surface area contributed by atoms with E-state index in [-0.39, 0.29) is 30.5 Å². The smallest absolute Gasteiger partial charge is 0.240 e. The Hall–Kier alpha value is -0.460. The van der Waals surface area contributed by atoms with Crippen LogP contribution < -0.4 is 5.32 Å². The van der Waals surface area contributed by atoms with E-state index in [0.717, 1.165) is 17.2 Å². The number of amides is 1. The third kappa shape index (κ3) is 4.05. The van der Waals surface area contributed by atoms with Crippen LogP contribution in [0.4, 0.5) is 0 Å². The second-order valence-corrected chi connectivity index (χ2v) is 6.43. The van der Waals surface area contributed by atoms with Gasteiger partial charge in [0.1, 0.15) is 6.10 Å². The summed E-state index contributed by atoms with van der Waals surface area (Å²) in [5.41, 5.74) is 1.07. The van der Waals surface area contributed by atoms with Crippen molar-refractivity contribution in [3.63, 3.8) is 0 Å². The number of thioether (sulfide) groups is 1. The number of rotatable bonds is 2. The third-order valence-electron chi connectivity index (χ3n) is 3.63. The highest BCUT2D eigenvalue weighted by molar-refractivity contribution is 7.99. The maximum Gasteiger partial charge on any atom is 0.240 e. The first-order chi connectivity index (χ1) is 9.74. The number of carbonyl (C=O) groups is 1. The SMILES string of the molecule is Cl.O=C(C1CSCN1)N1CCOC(c2ccc(Cl)cc2)C1. The number of hydrogen-bond donors (Lipinski definition) is 1. The first-order valence-corrected chi connectivity index (χ1v) is 8.24. The molecular weight excluding hydrogens is 331 g/mol. The number of benzene rings is 1. The Balaban J connectivity index is 0.00000161. The molecule has 116 valence electrons. The Morgan fingerprint density at radius 1 is 1.38 bits per heavy atom. The van der Waals surface area contributed by atoms with Crippen molar-refractivity contribution in [3.05, 3.63) is 34.9 Å². The van der Waals surface area contributed by atoms with Crippen LogP contribution in [0.5, 0.6) is 0 Å². The highest BCUT2D eigenvalue weighted by Crippen LogP contribution is 2.24. The molecule has 7 heteroatoms. The van der Waals surface area contributed by atoms with E-state index in [1.165, 1.54) is 0 Å². The summed E-state index contributed by atoms with van der Waals surface area (Å²) in [5.74, 6) is 1.92. The number of hydrogen-bond acceptors (Lipinski definition) is 4. The molecule has 0 bridgehead atoms. The lowest BCUT2D eigenvalue weighted by atomic mass is 10.1. The molecule has 0 aliphatic carbocycles. The van der Waals surface area contributed by atoms with Gasteiger partial charge in [-0.3, -0.25) is 10.1 Å². The summed E-state index contributed by atoms with van der Waals surface area (Å²) in [6, 6.07) is 7.60. The molecule has 0 aromatic heterocycles. The summed E-state index contributed by atoms with van der Waals surface area (Å²) in [5, 5.41) is 3.94. The highest BCUT2D eigenvalue weighted by atomic mass is 35.5. The Bertz CT molecular complexity index is 480. The molecule has 2 unspecified atom stereocenters. The van der Waals surface area contributed by atoms with Gasteiger partial charge in [0.05, 0.1) is 19.2 Å². The van der Waals surface area contributed by atoms with Gasteiger partial charge in [0.15, 0.2) is 0 Å². The fourth-order valence-electron chi connectivity index (χ4n) is 2.50. The number of halogens is 2. The van der Waals surface area contributed by atoms with E-state index in [2.05, 4.69) is 5.32 Å². The quantitative estimate of drug-likeness (QED) is 0.890. The van der Waals surface area contributed by atoms with Crippen LogP contribution in [-0.4, -0.2) is 48.2 Å². The predicted octanol–water partition coefficient (Wildman–Crippen LogP) is 2.32. The van der Waals surface area contributed by atoms with Crippen LogP contribution in [0.3, 0.4) is 0 Å². The van der Waals surface area contributed by atoms with Crippen LogP contribution in [0.1, 0.15) is 11.7 Å². The maximum absolute atomic E-state index is 12.4. The van der Waals surface area contributed by atoms with E-state index in [0.29, 0.717) is 24.7 Å². The van der Waals surface area contributed by atoms with Gasteiger partial charge in [0, 0.05) is 23.2 Å². The summed E-state index contributed by atoms with van der Waals surface area (Å²) in [6.45, 7) is 1.87. The molecule has 2 saturated heterocycles. The Morgan fingerprint density at radius 3 is 2.81 bits per heavy atom. The number of ether oxygens (including phenoxy) is 1. The van der Waals surface area contributed by atoms with Gasteiger partial charge in [0.2, 0.25) is 5.91 Å². The number of nitrogens with one attached hydrogen (secondary N) is 1. The van der Waals surface area contributed by atoms with Gasteiger partial charge >= 0.3 is 0 Å². The molecule has 0 spiro atoms. The largest absolute Gasteiger partial charge is 0.370 e. The van der Waals surface area contributed by atoms with Gasteiger partial charge in [-0.05, 0) is 17.7 Å². The molecule has 1 aromatic carbocycles. The molecule has 2 atom stereocenters. The zero-order valence-electron chi connectivity index (χ0n) is 11.5. The zero-order chi connectivity index (χ0) is 13.9. The topological polar surface area (TPSA) is 41.6 Å². The third-order valence-corrected chi connectivity index (χ3v) is 4.83. The molecular formula is C14H18Cl2N2O2S. The van der Waals surface area contributed by atoms with Gasteiger partial charge in [-0.25, -0.2) is 0 Å². The van der Waals surface area contributed by atoms with Gasteiger partial charge in [-0.2, -0.15) is 0 Å². The molecule has 3 rings (SSSR count). The van der Waals surface area contributed by atoms with Crippen LogP contribution in [0, 0.1) is 0 Å². The van der Waals surface area contributed by atoms with Crippen LogP contribution in [0.15, 0.2) is 24.3 Å². The molecule has 1 aromatic rings. The summed E-state index contributed by atoms with van der Waals surface area (Å²) in [4.78, 5) is 14.3. The second-order valence-electron chi connectivity index (χ2n) is 4.97. The Kier molecular flexibility index (Phi) is 6.20. The Morgan fingerprint density at radius 2 is 2.14 bits per heavy atom. The van der Waals surface area contributed by atoms with E-state index in [9.17, 15) is 4.79 Å². The Labute approximate surface area is 140 Å². The van der Waals surface area contributed by atoms with Gasteiger partial charge in [-0.1, -0.05) is 23.7 Å². The van der Waals surface area contributed by atoms with Gasteiger partial charge in [0.25, 0.3) is 0 Å². The van der Waals surface area contributed by atoms with Crippen molar-refractivity contribution in [3.8, 4) is 0 Å². The van der Waals surface area contributed by atoms with E-state index in [1.807, 2.05) is 29.2 Å². The molecule has 21 heavy (non-hydrogen) atoms. The average Bonchev–Trinajstić information content (AvgIpc) is 3.01. The standard InChI is InChI=1S/C14H17ClN2O2S.ClH/c15-11-3-1-10(2-4-11)13-7-17(5-6-19-13)14(18)12-8-20-9-16-12;/h1-4,12-13,16H,5-9H2;1H. The fourth-order valence-corrected chi connectivity index (χ4v) is 3.56. The lowest BCUT2D eigenvalue weighted by Gasteiger charge is -2.34. The first kappa shape index (κ1) is 16.9. The van der Waals surface area contributed by atoms with E-state index in [4.69, 9.17) is 16.3 Å². The van der Waals surface area contributed by atoms with E-state index in [1.54, 1.807) is 11.8 Å². The first-order valence-electron chi connectivity index (χ1n) is 6.71. The summed E-state index contributed by atoms with van der Waals surface area (Å²) in [6.07, 6.45) is -0.0565. The number of morpholine rings is 1. The molecule has 0 saturated carbocycles. The number of carbonyl (C=O) groups excluding carboxylic acids is 1. The second kappa shape index (κ2) is 7.70. The normalized spacial score (nSPS) is 25.5. The highest BCUT2D eigenvalue weighted by Gasteiger charge is 2.31. The molecule has 0 radical (unpaired) electrons. The van der Waals surface area contributed by atoms with E-state index >= 15 is 0 Å². The average molecular weight is 349 g/mol. The van der Waals surface area contributed by atoms with Crippen molar-refractivity contribution < 1.29 is 9.53 Å². The van der Waals surface area contributed by atoms with Crippen molar-refractivity contribution in [2.24, 2.45) is 0 Å². The summed E-state index contributed by atoms with van der Waals surface area (Å²) < 4.78 is 5.78. The molecule has 2 aliphatic heterocycles. The van der Waals surface area contributed by atoms with Gasteiger partial charge < -0.3 is 9.64 Å². The molecule has 2 fully saturated rings. The predicted molar refractivity (Wildman–Crippen MR) is 88.2 cm³/mol. The molecule has 1 amide bonds. The van der Waals surface area contributed by atoms with Crippen molar-refractivity contribution in [2.45, 2.75) is 12.1 Å². The molecule has 2 aliphatic rings. The molecule has 1 N–H and O–H groups in total. The van der Waals surface area contributed by atoms with Crippen LogP contribution in [0.25, 0.3) is 0 Å². The molecule has 2 heterocycles. The minimum Gasteiger partial charge on any atom is -0.370 e. The zero-order valence-corrected chi connectivity index (χ0v) is 13.8. The summed E-state index contributed by atoms with van der Waals surface area (Å²) >= 11 is 7.67. The lowest BCUT2D eigenvalue weighted by Crippen LogP contribution is -2.50. The minimum absolute atomic E-state index is 0. The molecule has 4 nitrogen and oxygen atoms in total. The van der Waals surface area contributed by atoms with Crippen LogP contribution in [0.2, 0.25) is 5.02 Å². The van der Waals surface area contributed by atoms with Crippen LogP contribution >= 0.6 is 35.8 Å². The van der Waals surface area contributed by atoms with Gasteiger partial charge in [-0.15, -0.1) is 24.2 Å². The minimum atomic E-state index is -0.0565. The number of nitrogens with zero attached hydrogens (tertiary/aromatic N) is 1. The van der Waals surface area contributed by atoms with Crippen LogP contribution in [-0.2, 0) is 9.53 Å². The fraction of sp³-hybridized carbons (Fsp3) is 0.500.